The number of aliphatic hydroxyl groups is 1. The molecule has 0 bridgehead atoms. The van der Waals surface area contributed by atoms with Crippen molar-refractivity contribution in [1.82, 2.24) is 19.4 Å². The van der Waals surface area contributed by atoms with Crippen LogP contribution in [-0.2, 0) is 32.5 Å². The molecule has 1 amide bonds. The summed E-state index contributed by atoms with van der Waals surface area (Å²) < 4.78 is 2.20. The van der Waals surface area contributed by atoms with Crippen molar-refractivity contribution in [2.24, 2.45) is 0 Å². The zero-order valence-electron chi connectivity index (χ0n) is 19.4. The lowest BCUT2D eigenvalue weighted by atomic mass is 9.97. The van der Waals surface area contributed by atoms with Gasteiger partial charge in [-0.1, -0.05) is 24.3 Å². The molecule has 3 aliphatic rings. The smallest absolute Gasteiger partial charge is 0.254 e. The lowest BCUT2D eigenvalue weighted by Gasteiger charge is -2.35. The van der Waals surface area contributed by atoms with Crippen LogP contribution in [0.4, 0.5) is 5.69 Å². The molecule has 0 fully saturated rings. The van der Waals surface area contributed by atoms with Crippen LogP contribution >= 0.6 is 0 Å². The molecule has 7 heteroatoms. The number of amides is 1. The van der Waals surface area contributed by atoms with Gasteiger partial charge in [-0.05, 0) is 47.7 Å². The van der Waals surface area contributed by atoms with Gasteiger partial charge in [0.15, 0.2) is 0 Å². The van der Waals surface area contributed by atoms with E-state index in [0.717, 1.165) is 68.2 Å². The molecular formula is C27H31N5O2. The molecule has 1 N–H and O–H groups in total. The van der Waals surface area contributed by atoms with Crippen molar-refractivity contribution in [2.75, 3.05) is 37.6 Å². The summed E-state index contributed by atoms with van der Waals surface area (Å²) in [5.41, 5.74) is 5.78. The third-order valence-corrected chi connectivity index (χ3v) is 7.48. The van der Waals surface area contributed by atoms with Crippen LogP contribution in [-0.4, -0.2) is 69.2 Å². The first kappa shape index (κ1) is 21.4. The third-order valence-electron chi connectivity index (χ3n) is 7.48. The molecule has 34 heavy (non-hydrogen) atoms. The fraction of sp³-hybridized carbons (Fsp3) is 0.407. The quantitative estimate of drug-likeness (QED) is 0.637. The van der Waals surface area contributed by atoms with Gasteiger partial charge in [-0.25, -0.2) is 4.98 Å². The largest absolute Gasteiger partial charge is 0.390 e. The number of anilines is 1. The molecule has 1 unspecified atom stereocenters. The number of rotatable bonds is 5. The summed E-state index contributed by atoms with van der Waals surface area (Å²) in [6.07, 6.45) is 5.18. The molecule has 3 aromatic rings. The van der Waals surface area contributed by atoms with Crippen molar-refractivity contribution in [1.29, 1.82) is 0 Å². The van der Waals surface area contributed by atoms with Crippen molar-refractivity contribution < 1.29 is 9.90 Å². The lowest BCUT2D eigenvalue weighted by molar-refractivity contribution is 0.0493. The van der Waals surface area contributed by atoms with Gasteiger partial charge in [-0.15, -0.1) is 0 Å². The Bertz CT molecular complexity index is 1210. The Morgan fingerprint density at radius 2 is 1.76 bits per heavy atom. The van der Waals surface area contributed by atoms with E-state index in [-0.39, 0.29) is 5.91 Å². The molecule has 0 saturated heterocycles. The summed E-state index contributed by atoms with van der Waals surface area (Å²) in [6.45, 7) is 6.10. The first-order chi connectivity index (χ1) is 16.6. The highest BCUT2D eigenvalue weighted by Crippen LogP contribution is 2.27. The van der Waals surface area contributed by atoms with Crippen LogP contribution in [0.25, 0.3) is 0 Å². The van der Waals surface area contributed by atoms with Crippen molar-refractivity contribution >= 4 is 11.6 Å². The molecule has 0 saturated carbocycles. The fourth-order valence-electron chi connectivity index (χ4n) is 5.61. The SMILES string of the molecule is O=C1c2ccc(N3CCn4ccnc4C3)cc2CCN1CC(O)CN1CCc2ccccc2C1. The van der Waals surface area contributed by atoms with Gasteiger partial charge in [0.05, 0.1) is 12.6 Å². The number of aliphatic hydroxyl groups excluding tert-OH is 1. The van der Waals surface area contributed by atoms with E-state index in [1.165, 1.54) is 11.1 Å². The van der Waals surface area contributed by atoms with E-state index in [9.17, 15) is 9.90 Å². The van der Waals surface area contributed by atoms with Gasteiger partial charge < -0.3 is 19.5 Å². The molecule has 3 aliphatic heterocycles. The van der Waals surface area contributed by atoms with Gasteiger partial charge in [0.1, 0.15) is 5.82 Å². The molecule has 2 aromatic carbocycles. The van der Waals surface area contributed by atoms with Gasteiger partial charge >= 0.3 is 0 Å². The van der Waals surface area contributed by atoms with Gasteiger partial charge in [0.25, 0.3) is 5.91 Å². The van der Waals surface area contributed by atoms with Crippen LogP contribution in [0.5, 0.6) is 0 Å². The van der Waals surface area contributed by atoms with E-state index < -0.39 is 6.10 Å². The maximum absolute atomic E-state index is 13.2. The van der Waals surface area contributed by atoms with Crippen LogP contribution < -0.4 is 4.90 Å². The summed E-state index contributed by atoms with van der Waals surface area (Å²) in [4.78, 5) is 24.1. The number of carbonyl (C=O) groups excluding carboxylic acids is 1. The van der Waals surface area contributed by atoms with Crippen molar-refractivity contribution in [3.05, 3.63) is 82.9 Å². The van der Waals surface area contributed by atoms with Gasteiger partial charge in [0.2, 0.25) is 0 Å². The maximum atomic E-state index is 13.2. The average Bonchev–Trinajstić information content (AvgIpc) is 3.33. The number of benzene rings is 2. The lowest BCUT2D eigenvalue weighted by Crippen LogP contribution is -2.46. The zero-order chi connectivity index (χ0) is 23.1. The summed E-state index contributed by atoms with van der Waals surface area (Å²) in [7, 11) is 0. The Balaban J connectivity index is 1.08. The number of hydrogen-bond acceptors (Lipinski definition) is 5. The molecular weight excluding hydrogens is 426 g/mol. The van der Waals surface area contributed by atoms with Gasteiger partial charge in [-0.3, -0.25) is 9.69 Å². The topological polar surface area (TPSA) is 64.8 Å². The number of hydrogen-bond donors (Lipinski definition) is 1. The molecule has 1 atom stereocenters. The molecule has 176 valence electrons. The minimum atomic E-state index is -0.549. The van der Waals surface area contributed by atoms with Gasteiger partial charge in [-0.2, -0.15) is 0 Å². The molecule has 6 rings (SSSR count). The molecule has 4 heterocycles. The molecule has 0 radical (unpaired) electrons. The highest BCUT2D eigenvalue weighted by Gasteiger charge is 2.28. The third kappa shape index (κ3) is 4.10. The van der Waals surface area contributed by atoms with Crippen molar-refractivity contribution in [2.45, 2.75) is 38.6 Å². The highest BCUT2D eigenvalue weighted by molar-refractivity contribution is 5.97. The summed E-state index contributed by atoms with van der Waals surface area (Å²) in [5, 5.41) is 10.8. The van der Waals surface area contributed by atoms with Crippen LogP contribution in [0.3, 0.4) is 0 Å². The zero-order valence-corrected chi connectivity index (χ0v) is 19.4. The van der Waals surface area contributed by atoms with Crippen LogP contribution in [0.15, 0.2) is 54.9 Å². The Kier molecular flexibility index (Phi) is 5.59. The second-order valence-electron chi connectivity index (χ2n) is 9.71. The Morgan fingerprint density at radius 3 is 2.68 bits per heavy atom. The fourth-order valence-corrected chi connectivity index (χ4v) is 5.61. The minimum Gasteiger partial charge on any atom is -0.390 e. The Morgan fingerprint density at radius 1 is 0.912 bits per heavy atom. The van der Waals surface area contributed by atoms with E-state index >= 15 is 0 Å². The van der Waals surface area contributed by atoms with Gasteiger partial charge in [0, 0.05) is 69.5 Å². The van der Waals surface area contributed by atoms with E-state index in [1.54, 1.807) is 0 Å². The van der Waals surface area contributed by atoms with E-state index in [0.29, 0.717) is 19.6 Å². The Hall–Kier alpha value is -3.16. The predicted molar refractivity (Wildman–Crippen MR) is 131 cm³/mol. The number of aromatic nitrogens is 2. The molecule has 7 nitrogen and oxygen atoms in total. The summed E-state index contributed by atoms with van der Waals surface area (Å²) in [5.74, 6) is 1.11. The summed E-state index contributed by atoms with van der Waals surface area (Å²) in [6, 6.07) is 14.7. The second kappa shape index (κ2) is 8.89. The average molecular weight is 458 g/mol. The van der Waals surface area contributed by atoms with E-state index in [2.05, 4.69) is 55.7 Å². The second-order valence-corrected chi connectivity index (χ2v) is 9.71. The predicted octanol–water partition coefficient (Wildman–Crippen LogP) is 2.32. The van der Waals surface area contributed by atoms with Crippen LogP contribution in [0, 0.1) is 0 Å². The monoisotopic (exact) mass is 457 g/mol. The number of carbonyl (C=O) groups is 1. The standard InChI is InChI=1S/C27H31N5O2/c33-24(17-29-10-7-20-3-1-2-4-22(20)16-29)18-32-11-8-21-15-23(5-6-25(21)27(32)34)31-14-13-30-12-9-28-26(30)19-31/h1-6,9,12,15,24,33H,7-8,10-11,13-14,16-19H2. The number of fused-ring (bicyclic) bond motifs is 3. The minimum absolute atomic E-state index is 0.0324. The molecule has 1 aromatic heterocycles. The normalized spacial score (nSPS) is 18.9. The Labute approximate surface area is 200 Å². The maximum Gasteiger partial charge on any atom is 0.254 e. The highest BCUT2D eigenvalue weighted by atomic mass is 16.3. The van der Waals surface area contributed by atoms with E-state index in [1.807, 2.05) is 23.4 Å². The van der Waals surface area contributed by atoms with Crippen LogP contribution in [0.2, 0.25) is 0 Å². The first-order valence-electron chi connectivity index (χ1n) is 12.3. The van der Waals surface area contributed by atoms with Crippen molar-refractivity contribution in [3.63, 3.8) is 0 Å². The molecule has 0 spiro atoms. The van der Waals surface area contributed by atoms with E-state index in [4.69, 9.17) is 0 Å². The summed E-state index contributed by atoms with van der Waals surface area (Å²) >= 11 is 0. The first-order valence-corrected chi connectivity index (χ1v) is 12.3. The number of β-amino-alcohol motifs (C(OH)–C–C–N with tert-alkyl or cyclic N) is 1. The van der Waals surface area contributed by atoms with Crippen molar-refractivity contribution in [3.8, 4) is 0 Å². The number of nitrogens with zero attached hydrogens (tertiary/aromatic N) is 5. The van der Waals surface area contributed by atoms with Crippen LogP contribution in [0.1, 0.15) is 32.9 Å². The molecule has 0 aliphatic carbocycles. The number of imidazole rings is 1.